The van der Waals surface area contributed by atoms with E-state index in [2.05, 4.69) is 0 Å². The van der Waals surface area contributed by atoms with Gasteiger partial charge in [0.1, 0.15) is 12.7 Å². The van der Waals surface area contributed by atoms with E-state index in [0.29, 0.717) is 16.9 Å². The lowest BCUT2D eigenvalue weighted by Crippen LogP contribution is -2.54. The summed E-state index contributed by atoms with van der Waals surface area (Å²) < 4.78 is 20.1. The second-order valence-electron chi connectivity index (χ2n) is 6.98. The van der Waals surface area contributed by atoms with Crippen molar-refractivity contribution in [2.45, 2.75) is 65.0 Å². The fourth-order valence-corrected chi connectivity index (χ4v) is 3.14. The lowest BCUT2D eigenvalue weighted by Gasteiger charge is -2.33. The molecule has 0 saturated carbocycles. The Hall–Kier alpha value is -2.92. The number of ketones is 1. The van der Waals surface area contributed by atoms with Crippen molar-refractivity contribution in [1.82, 2.24) is 0 Å². The number of carbonyl (C=O) groups is 5. The van der Waals surface area contributed by atoms with Crippen LogP contribution in [0.5, 0.6) is 0 Å². The molecule has 0 radical (unpaired) electrons. The van der Waals surface area contributed by atoms with Gasteiger partial charge in [0.25, 0.3) is 0 Å². The SMILES string of the molecule is CC(=O)OC[C@@H](O)[C@H](OC(C)=O)[C@H](OC(C)=O)[C@@H](OC(C)=O)C(=O)CC1=CC(=S)CC=C1. The Labute approximate surface area is 190 Å². The van der Waals surface area contributed by atoms with Crippen LogP contribution in [-0.4, -0.2) is 70.7 Å². The first-order chi connectivity index (χ1) is 14.9. The molecule has 1 N–H and O–H groups in total. The van der Waals surface area contributed by atoms with Crippen molar-refractivity contribution in [1.29, 1.82) is 0 Å². The van der Waals surface area contributed by atoms with E-state index in [1.807, 2.05) is 0 Å². The molecule has 0 heterocycles. The summed E-state index contributed by atoms with van der Waals surface area (Å²) in [5.41, 5.74) is 0.537. The number of allylic oxidation sites excluding steroid dienone is 4. The molecule has 176 valence electrons. The molecule has 0 aliphatic heterocycles. The van der Waals surface area contributed by atoms with E-state index in [9.17, 15) is 29.1 Å². The third-order valence-corrected chi connectivity index (χ3v) is 4.33. The first kappa shape index (κ1) is 27.1. The summed E-state index contributed by atoms with van der Waals surface area (Å²) in [6, 6.07) is 0. The number of aliphatic hydroxyl groups excluding tert-OH is 1. The van der Waals surface area contributed by atoms with Gasteiger partial charge in [0.2, 0.25) is 6.10 Å². The topological polar surface area (TPSA) is 143 Å². The number of Topliss-reactive ketones (excluding diaryl/α,β-unsaturated/α-hetero) is 1. The molecule has 1 rings (SSSR count). The third kappa shape index (κ3) is 9.48. The van der Waals surface area contributed by atoms with Gasteiger partial charge < -0.3 is 24.1 Å². The molecule has 32 heavy (non-hydrogen) atoms. The van der Waals surface area contributed by atoms with Gasteiger partial charge in [0.05, 0.1) is 0 Å². The second kappa shape index (κ2) is 12.8. The molecule has 11 heteroatoms. The first-order valence-corrected chi connectivity index (χ1v) is 10.1. The van der Waals surface area contributed by atoms with Gasteiger partial charge in [-0.2, -0.15) is 0 Å². The second-order valence-corrected chi connectivity index (χ2v) is 7.51. The predicted octanol–water partition coefficient (Wildman–Crippen LogP) is 0.921. The molecule has 0 aromatic heterocycles. The minimum Gasteiger partial charge on any atom is -0.463 e. The predicted molar refractivity (Wildman–Crippen MR) is 113 cm³/mol. The van der Waals surface area contributed by atoms with Gasteiger partial charge in [-0.1, -0.05) is 24.4 Å². The molecule has 1 aliphatic carbocycles. The maximum atomic E-state index is 13.1. The molecule has 4 atom stereocenters. The number of ether oxygens (including phenoxy) is 4. The van der Waals surface area contributed by atoms with Crippen LogP contribution in [0.3, 0.4) is 0 Å². The van der Waals surface area contributed by atoms with Crippen LogP contribution >= 0.6 is 12.2 Å². The Balaban J connectivity index is 3.32. The van der Waals surface area contributed by atoms with Crippen molar-refractivity contribution >= 4 is 46.7 Å². The van der Waals surface area contributed by atoms with Crippen molar-refractivity contribution in [3.05, 3.63) is 23.8 Å². The molecule has 0 saturated heterocycles. The summed E-state index contributed by atoms with van der Waals surface area (Å²) in [4.78, 5) is 59.9. The van der Waals surface area contributed by atoms with E-state index >= 15 is 0 Å². The number of aliphatic hydroxyl groups is 1. The summed E-state index contributed by atoms with van der Waals surface area (Å²) in [6.45, 7) is 3.55. The van der Waals surface area contributed by atoms with Gasteiger partial charge >= 0.3 is 23.9 Å². The highest BCUT2D eigenvalue weighted by atomic mass is 32.1. The molecule has 0 unspecified atom stereocenters. The highest BCUT2D eigenvalue weighted by Gasteiger charge is 2.44. The zero-order chi connectivity index (χ0) is 24.4. The summed E-state index contributed by atoms with van der Waals surface area (Å²) in [5.74, 6) is -4.07. The highest BCUT2D eigenvalue weighted by Crippen LogP contribution is 2.22. The van der Waals surface area contributed by atoms with Gasteiger partial charge in [-0.15, -0.1) is 0 Å². The standard InChI is InChI=1S/C21H26O10S/c1-11(22)28-10-18(27)20(30-13(3)24)21(31-14(4)25)19(29-12(2)23)17(26)9-15-6-5-7-16(32)8-15/h5-6,8,18-21,27H,7,9-10H2,1-4H3/t18-,19+,20+,21-/m1/s1. The van der Waals surface area contributed by atoms with E-state index in [-0.39, 0.29) is 6.42 Å². The van der Waals surface area contributed by atoms with Crippen LogP contribution in [0.25, 0.3) is 0 Å². The van der Waals surface area contributed by atoms with Gasteiger partial charge in [-0.25, -0.2) is 0 Å². The van der Waals surface area contributed by atoms with Crippen molar-refractivity contribution < 1.29 is 48.0 Å². The van der Waals surface area contributed by atoms with E-state index in [1.165, 1.54) is 0 Å². The Morgan fingerprint density at radius 1 is 0.938 bits per heavy atom. The van der Waals surface area contributed by atoms with Gasteiger partial charge in [-0.3, -0.25) is 24.0 Å². The summed E-state index contributed by atoms with van der Waals surface area (Å²) >= 11 is 5.13. The van der Waals surface area contributed by atoms with Crippen LogP contribution in [0.15, 0.2) is 23.8 Å². The fraction of sp³-hybridized carbons (Fsp3) is 0.524. The van der Waals surface area contributed by atoms with E-state index in [1.54, 1.807) is 18.2 Å². The smallest absolute Gasteiger partial charge is 0.303 e. The molecular formula is C21H26O10S. The van der Waals surface area contributed by atoms with Crippen molar-refractivity contribution in [3.8, 4) is 0 Å². The van der Waals surface area contributed by atoms with Crippen LogP contribution in [0.1, 0.15) is 40.5 Å². The van der Waals surface area contributed by atoms with Crippen molar-refractivity contribution in [3.63, 3.8) is 0 Å². The summed E-state index contributed by atoms with van der Waals surface area (Å²) in [7, 11) is 0. The normalized spacial score (nSPS) is 16.7. The van der Waals surface area contributed by atoms with Crippen LogP contribution in [0.4, 0.5) is 0 Å². The Kier molecular flexibility index (Phi) is 10.9. The Morgan fingerprint density at radius 3 is 2.00 bits per heavy atom. The zero-order valence-electron chi connectivity index (χ0n) is 18.2. The van der Waals surface area contributed by atoms with Crippen LogP contribution in [0, 0.1) is 0 Å². The fourth-order valence-electron chi connectivity index (χ4n) is 2.89. The molecular weight excluding hydrogens is 444 g/mol. The average Bonchev–Trinajstić information content (AvgIpc) is 2.66. The van der Waals surface area contributed by atoms with Crippen LogP contribution in [0.2, 0.25) is 0 Å². The Bertz CT molecular complexity index is 828. The minimum absolute atomic E-state index is 0.237. The Morgan fingerprint density at radius 2 is 1.50 bits per heavy atom. The van der Waals surface area contributed by atoms with E-state index in [0.717, 1.165) is 27.7 Å². The minimum atomic E-state index is -1.72. The monoisotopic (exact) mass is 470 g/mol. The number of thiocarbonyl (C=S) groups is 1. The van der Waals surface area contributed by atoms with Gasteiger partial charge in [0, 0.05) is 45.4 Å². The number of hydrogen-bond donors (Lipinski definition) is 1. The summed E-state index contributed by atoms with van der Waals surface area (Å²) in [6.07, 6.45) is -1.43. The molecule has 0 fully saturated rings. The zero-order valence-corrected chi connectivity index (χ0v) is 19.0. The van der Waals surface area contributed by atoms with Crippen molar-refractivity contribution in [2.24, 2.45) is 0 Å². The molecule has 0 aromatic rings. The number of carbonyl (C=O) groups excluding carboxylic acids is 5. The maximum absolute atomic E-state index is 13.1. The quantitative estimate of drug-likeness (QED) is 0.262. The molecule has 10 nitrogen and oxygen atoms in total. The summed E-state index contributed by atoms with van der Waals surface area (Å²) in [5, 5.41) is 10.5. The van der Waals surface area contributed by atoms with Crippen molar-refractivity contribution in [2.75, 3.05) is 6.61 Å². The van der Waals surface area contributed by atoms with E-state index < -0.39 is 60.7 Å². The third-order valence-electron chi connectivity index (χ3n) is 4.05. The van der Waals surface area contributed by atoms with Crippen LogP contribution < -0.4 is 0 Å². The molecule has 0 spiro atoms. The lowest BCUT2D eigenvalue weighted by atomic mass is 9.94. The largest absolute Gasteiger partial charge is 0.463 e. The molecule has 0 bridgehead atoms. The average molecular weight is 470 g/mol. The van der Waals surface area contributed by atoms with Gasteiger partial charge in [0.15, 0.2) is 18.0 Å². The molecule has 0 amide bonds. The maximum Gasteiger partial charge on any atom is 0.303 e. The molecule has 0 aromatic carbocycles. The number of rotatable bonds is 11. The highest BCUT2D eigenvalue weighted by molar-refractivity contribution is 7.80. The number of esters is 4. The van der Waals surface area contributed by atoms with E-state index in [4.69, 9.17) is 31.2 Å². The number of hydrogen-bond acceptors (Lipinski definition) is 11. The first-order valence-electron chi connectivity index (χ1n) is 9.66. The van der Waals surface area contributed by atoms with Gasteiger partial charge in [-0.05, 0) is 11.6 Å². The lowest BCUT2D eigenvalue weighted by molar-refractivity contribution is -0.197. The molecule has 1 aliphatic rings. The van der Waals surface area contributed by atoms with Crippen LogP contribution in [-0.2, 0) is 42.9 Å².